The van der Waals surface area contributed by atoms with Crippen molar-refractivity contribution in [1.82, 2.24) is 14.7 Å². The van der Waals surface area contributed by atoms with Crippen LogP contribution in [0.2, 0.25) is 0 Å². The number of aryl methyl sites for hydroxylation is 2. The third-order valence-corrected chi connectivity index (χ3v) is 3.56. The topological polar surface area (TPSA) is 79.7 Å². The van der Waals surface area contributed by atoms with Crippen LogP contribution < -0.4 is 5.73 Å². The standard InChI is InChI=1S/C14H27N5O/c1-5-12-8-13(19(7-3)16-12)10-18(6-2)9-11(4)14(15)17-20/h8,11,20H,5-7,9-10H2,1-4H3,(H2,15,17). The number of aromatic nitrogens is 2. The van der Waals surface area contributed by atoms with Crippen LogP contribution in [0.15, 0.2) is 11.2 Å². The van der Waals surface area contributed by atoms with Crippen molar-refractivity contribution in [3.05, 3.63) is 17.5 Å². The molecule has 1 heterocycles. The molecule has 0 amide bonds. The molecule has 1 unspecified atom stereocenters. The van der Waals surface area contributed by atoms with Gasteiger partial charge in [0.05, 0.1) is 11.4 Å². The summed E-state index contributed by atoms with van der Waals surface area (Å²) in [7, 11) is 0. The van der Waals surface area contributed by atoms with Crippen molar-refractivity contribution >= 4 is 5.84 Å². The van der Waals surface area contributed by atoms with Crippen LogP contribution in [-0.4, -0.2) is 38.8 Å². The molecule has 6 nitrogen and oxygen atoms in total. The Balaban J connectivity index is 2.75. The molecule has 20 heavy (non-hydrogen) atoms. The van der Waals surface area contributed by atoms with Gasteiger partial charge in [-0.25, -0.2) is 0 Å². The molecule has 0 saturated carbocycles. The lowest BCUT2D eigenvalue weighted by Crippen LogP contribution is -2.35. The number of amidine groups is 1. The normalized spacial score (nSPS) is 13.9. The van der Waals surface area contributed by atoms with Gasteiger partial charge in [0, 0.05) is 25.6 Å². The summed E-state index contributed by atoms with van der Waals surface area (Å²) in [6.07, 6.45) is 0.951. The van der Waals surface area contributed by atoms with Gasteiger partial charge in [-0.1, -0.05) is 25.9 Å². The molecule has 1 aromatic rings. The van der Waals surface area contributed by atoms with Crippen LogP contribution in [0.1, 0.15) is 39.1 Å². The van der Waals surface area contributed by atoms with Gasteiger partial charge in [-0.15, -0.1) is 0 Å². The van der Waals surface area contributed by atoms with E-state index >= 15 is 0 Å². The van der Waals surface area contributed by atoms with E-state index in [0.717, 1.165) is 38.3 Å². The molecule has 0 bridgehead atoms. The number of hydrogen-bond acceptors (Lipinski definition) is 4. The molecule has 0 spiro atoms. The smallest absolute Gasteiger partial charge is 0.143 e. The Morgan fingerprint density at radius 3 is 2.70 bits per heavy atom. The lowest BCUT2D eigenvalue weighted by molar-refractivity contribution is 0.250. The zero-order valence-electron chi connectivity index (χ0n) is 13.0. The van der Waals surface area contributed by atoms with Gasteiger partial charge in [0.25, 0.3) is 0 Å². The minimum absolute atomic E-state index is 0.0311. The minimum Gasteiger partial charge on any atom is -0.409 e. The third kappa shape index (κ3) is 4.23. The Kier molecular flexibility index (Phi) is 6.51. The van der Waals surface area contributed by atoms with Crippen molar-refractivity contribution < 1.29 is 5.21 Å². The van der Waals surface area contributed by atoms with E-state index in [1.54, 1.807) is 0 Å². The summed E-state index contributed by atoms with van der Waals surface area (Å²) >= 11 is 0. The number of nitrogens with two attached hydrogens (primary N) is 1. The van der Waals surface area contributed by atoms with Crippen LogP contribution in [0.5, 0.6) is 0 Å². The van der Waals surface area contributed by atoms with Crippen molar-refractivity contribution in [3.63, 3.8) is 0 Å². The first kappa shape index (κ1) is 16.5. The molecule has 0 aromatic carbocycles. The second kappa shape index (κ2) is 7.89. The van der Waals surface area contributed by atoms with Crippen molar-refractivity contribution in [2.75, 3.05) is 13.1 Å². The summed E-state index contributed by atoms with van der Waals surface area (Å²) in [4.78, 5) is 2.28. The molecule has 0 aliphatic carbocycles. The molecule has 0 saturated heterocycles. The maximum absolute atomic E-state index is 8.73. The fourth-order valence-electron chi connectivity index (χ4n) is 2.20. The molecule has 1 rings (SSSR count). The van der Waals surface area contributed by atoms with Crippen LogP contribution in [0.3, 0.4) is 0 Å². The Morgan fingerprint density at radius 2 is 2.20 bits per heavy atom. The van der Waals surface area contributed by atoms with Gasteiger partial charge in [0.1, 0.15) is 5.84 Å². The Bertz CT molecular complexity index is 441. The summed E-state index contributed by atoms with van der Waals surface area (Å²) in [6, 6.07) is 2.17. The van der Waals surface area contributed by atoms with Crippen molar-refractivity contribution in [2.24, 2.45) is 16.8 Å². The minimum atomic E-state index is 0.0311. The van der Waals surface area contributed by atoms with E-state index in [9.17, 15) is 0 Å². The predicted octanol–water partition coefficient (Wildman–Crippen LogP) is 1.67. The molecule has 114 valence electrons. The number of nitrogens with zero attached hydrogens (tertiary/aromatic N) is 4. The Morgan fingerprint density at radius 1 is 1.50 bits per heavy atom. The van der Waals surface area contributed by atoms with Gasteiger partial charge in [-0.05, 0) is 26.0 Å². The maximum Gasteiger partial charge on any atom is 0.143 e. The molecule has 0 aliphatic rings. The van der Waals surface area contributed by atoms with E-state index < -0.39 is 0 Å². The number of hydrogen-bond donors (Lipinski definition) is 2. The van der Waals surface area contributed by atoms with Crippen LogP contribution in [-0.2, 0) is 19.5 Å². The SMILES string of the molecule is CCc1cc(CN(CC)CC(C)C(N)=NO)n(CC)n1. The van der Waals surface area contributed by atoms with E-state index in [0.29, 0.717) is 0 Å². The second-order valence-corrected chi connectivity index (χ2v) is 5.05. The van der Waals surface area contributed by atoms with Gasteiger partial charge in [-0.2, -0.15) is 5.10 Å². The molecule has 0 aliphatic heterocycles. The number of rotatable bonds is 8. The summed E-state index contributed by atoms with van der Waals surface area (Å²) in [5.74, 6) is 0.310. The quantitative estimate of drug-likeness (QED) is 0.329. The molecule has 6 heteroatoms. The second-order valence-electron chi connectivity index (χ2n) is 5.05. The fourth-order valence-corrected chi connectivity index (χ4v) is 2.20. The Hall–Kier alpha value is -1.56. The molecular formula is C14H27N5O. The first-order chi connectivity index (χ1) is 9.55. The first-order valence-electron chi connectivity index (χ1n) is 7.30. The van der Waals surface area contributed by atoms with Crippen LogP contribution >= 0.6 is 0 Å². The molecule has 3 N–H and O–H groups in total. The number of oxime groups is 1. The third-order valence-electron chi connectivity index (χ3n) is 3.56. The van der Waals surface area contributed by atoms with E-state index in [1.807, 2.05) is 6.92 Å². The summed E-state index contributed by atoms with van der Waals surface area (Å²) in [5.41, 5.74) is 8.00. The van der Waals surface area contributed by atoms with Gasteiger partial charge < -0.3 is 10.9 Å². The largest absolute Gasteiger partial charge is 0.409 e. The van der Waals surface area contributed by atoms with Crippen LogP contribution in [0.25, 0.3) is 0 Å². The predicted molar refractivity (Wildman–Crippen MR) is 80.8 cm³/mol. The zero-order valence-corrected chi connectivity index (χ0v) is 13.0. The zero-order chi connectivity index (χ0) is 15.1. The maximum atomic E-state index is 8.73. The van der Waals surface area contributed by atoms with Crippen LogP contribution in [0.4, 0.5) is 0 Å². The van der Waals surface area contributed by atoms with Gasteiger partial charge >= 0.3 is 0 Å². The van der Waals surface area contributed by atoms with E-state index in [4.69, 9.17) is 10.9 Å². The molecule has 1 aromatic heterocycles. The summed E-state index contributed by atoms with van der Waals surface area (Å²) in [6.45, 7) is 11.7. The van der Waals surface area contributed by atoms with Crippen LogP contribution in [0, 0.1) is 5.92 Å². The molecule has 0 radical (unpaired) electrons. The molecule has 0 fully saturated rings. The summed E-state index contributed by atoms with van der Waals surface area (Å²) < 4.78 is 2.05. The highest BCUT2D eigenvalue weighted by molar-refractivity contribution is 5.82. The summed E-state index contributed by atoms with van der Waals surface area (Å²) in [5, 5.41) is 16.4. The van der Waals surface area contributed by atoms with Crippen molar-refractivity contribution in [2.45, 2.75) is 47.2 Å². The fraction of sp³-hybridized carbons (Fsp3) is 0.714. The lowest BCUT2D eigenvalue weighted by Gasteiger charge is -2.23. The first-order valence-corrected chi connectivity index (χ1v) is 7.30. The molecular weight excluding hydrogens is 254 g/mol. The highest BCUT2D eigenvalue weighted by atomic mass is 16.4. The average Bonchev–Trinajstić information content (AvgIpc) is 2.87. The monoisotopic (exact) mass is 281 g/mol. The lowest BCUT2D eigenvalue weighted by atomic mass is 10.1. The van der Waals surface area contributed by atoms with Crippen molar-refractivity contribution in [3.8, 4) is 0 Å². The molecule has 1 atom stereocenters. The van der Waals surface area contributed by atoms with E-state index in [2.05, 4.69) is 46.7 Å². The van der Waals surface area contributed by atoms with E-state index in [1.165, 1.54) is 5.69 Å². The highest BCUT2D eigenvalue weighted by Gasteiger charge is 2.15. The van der Waals surface area contributed by atoms with E-state index in [-0.39, 0.29) is 11.8 Å². The van der Waals surface area contributed by atoms with Crippen molar-refractivity contribution in [1.29, 1.82) is 0 Å². The average molecular weight is 281 g/mol. The van der Waals surface area contributed by atoms with Gasteiger partial charge in [0.15, 0.2) is 0 Å². The Labute approximate surface area is 121 Å². The van der Waals surface area contributed by atoms with Gasteiger partial charge in [0.2, 0.25) is 0 Å². The van der Waals surface area contributed by atoms with Gasteiger partial charge in [-0.3, -0.25) is 9.58 Å². The highest BCUT2D eigenvalue weighted by Crippen LogP contribution is 2.11.